The highest BCUT2D eigenvalue weighted by Gasteiger charge is 2.32. The van der Waals surface area contributed by atoms with E-state index in [0.717, 1.165) is 0 Å². The van der Waals surface area contributed by atoms with Crippen molar-refractivity contribution in [3.63, 3.8) is 0 Å². The van der Waals surface area contributed by atoms with Gasteiger partial charge in [0.1, 0.15) is 11.7 Å². The van der Waals surface area contributed by atoms with Crippen molar-refractivity contribution in [3.8, 4) is 5.75 Å². The second kappa shape index (κ2) is 3.96. The number of fused-ring (bicyclic) bond motifs is 1. The standard InChI is InChI=1S/C12H13NO3/c1-3-8-11(14)9-5-4-7(16-2)6-10(9)13-12(8)15/h4-6,8H,3H2,1-2H3,(H,13,15)/t8-/m0/s1. The zero-order valence-corrected chi connectivity index (χ0v) is 9.24. The summed E-state index contributed by atoms with van der Waals surface area (Å²) in [6.07, 6.45) is 0.524. The summed E-state index contributed by atoms with van der Waals surface area (Å²) in [5.74, 6) is -0.264. The van der Waals surface area contributed by atoms with Gasteiger partial charge in [-0.3, -0.25) is 9.59 Å². The molecule has 4 nitrogen and oxygen atoms in total. The lowest BCUT2D eigenvalue weighted by Crippen LogP contribution is -2.34. The predicted octanol–water partition coefficient (Wildman–Crippen LogP) is 1.86. The van der Waals surface area contributed by atoms with Gasteiger partial charge < -0.3 is 10.1 Å². The fourth-order valence-electron chi connectivity index (χ4n) is 1.87. The Morgan fingerprint density at radius 2 is 2.12 bits per heavy atom. The maximum atomic E-state index is 12.0. The number of ether oxygens (including phenoxy) is 1. The molecule has 1 amide bonds. The number of hydrogen-bond donors (Lipinski definition) is 1. The van der Waals surface area contributed by atoms with E-state index in [9.17, 15) is 9.59 Å². The average molecular weight is 219 g/mol. The minimum Gasteiger partial charge on any atom is -0.497 e. The number of rotatable bonds is 2. The van der Waals surface area contributed by atoms with Crippen LogP contribution in [0.2, 0.25) is 0 Å². The number of amides is 1. The molecule has 0 unspecified atom stereocenters. The number of ketones is 1. The molecule has 0 aromatic heterocycles. The summed E-state index contributed by atoms with van der Waals surface area (Å²) in [5, 5.41) is 2.73. The Hall–Kier alpha value is -1.84. The van der Waals surface area contributed by atoms with Crippen molar-refractivity contribution in [2.24, 2.45) is 5.92 Å². The Morgan fingerprint density at radius 1 is 1.38 bits per heavy atom. The van der Waals surface area contributed by atoms with Gasteiger partial charge >= 0.3 is 0 Å². The Labute approximate surface area is 93.6 Å². The van der Waals surface area contributed by atoms with Gasteiger partial charge in [-0.25, -0.2) is 0 Å². The molecule has 1 atom stereocenters. The molecule has 1 N–H and O–H groups in total. The van der Waals surface area contributed by atoms with E-state index in [1.54, 1.807) is 25.3 Å². The van der Waals surface area contributed by atoms with Gasteiger partial charge in [0, 0.05) is 11.6 Å². The highest BCUT2D eigenvalue weighted by atomic mass is 16.5. The SMILES string of the molecule is CC[C@@H]1C(=O)Nc2cc(OC)ccc2C1=O. The van der Waals surface area contributed by atoms with Gasteiger partial charge in [-0.1, -0.05) is 6.92 Å². The molecule has 1 aromatic rings. The number of Topliss-reactive ketones (excluding diaryl/α,β-unsaturated/α-hetero) is 1. The highest BCUT2D eigenvalue weighted by Crippen LogP contribution is 2.30. The zero-order valence-electron chi connectivity index (χ0n) is 9.24. The molecule has 1 aromatic carbocycles. The number of benzene rings is 1. The lowest BCUT2D eigenvalue weighted by molar-refractivity contribution is -0.118. The quantitative estimate of drug-likeness (QED) is 0.772. The van der Waals surface area contributed by atoms with E-state index in [1.165, 1.54) is 0 Å². The van der Waals surface area contributed by atoms with Crippen LogP contribution in [0.15, 0.2) is 18.2 Å². The molecule has 0 fully saturated rings. The molecule has 0 bridgehead atoms. The van der Waals surface area contributed by atoms with Gasteiger partial charge in [0.2, 0.25) is 5.91 Å². The number of methoxy groups -OCH3 is 1. The zero-order chi connectivity index (χ0) is 11.7. The van der Waals surface area contributed by atoms with Crippen molar-refractivity contribution in [2.75, 3.05) is 12.4 Å². The topological polar surface area (TPSA) is 55.4 Å². The van der Waals surface area contributed by atoms with Crippen LogP contribution in [0.25, 0.3) is 0 Å². The predicted molar refractivity (Wildman–Crippen MR) is 59.7 cm³/mol. The van der Waals surface area contributed by atoms with E-state index in [4.69, 9.17) is 4.74 Å². The molecule has 4 heteroatoms. The second-order valence-electron chi connectivity index (χ2n) is 3.73. The Balaban J connectivity index is 2.46. The molecule has 84 valence electrons. The Bertz CT molecular complexity index is 454. The van der Waals surface area contributed by atoms with Crippen molar-refractivity contribution < 1.29 is 14.3 Å². The van der Waals surface area contributed by atoms with E-state index in [1.807, 2.05) is 6.92 Å². The molecule has 1 heterocycles. The summed E-state index contributed by atoms with van der Waals surface area (Å²) in [4.78, 5) is 23.6. The largest absolute Gasteiger partial charge is 0.497 e. The van der Waals surface area contributed by atoms with E-state index in [2.05, 4.69) is 5.32 Å². The lowest BCUT2D eigenvalue weighted by Gasteiger charge is -2.22. The summed E-state index contributed by atoms with van der Waals surface area (Å²) in [6, 6.07) is 5.08. The van der Waals surface area contributed by atoms with Crippen LogP contribution in [0.5, 0.6) is 5.75 Å². The van der Waals surface area contributed by atoms with Crippen LogP contribution in [-0.2, 0) is 4.79 Å². The molecule has 1 aliphatic rings. The van der Waals surface area contributed by atoms with Gasteiger partial charge in [-0.15, -0.1) is 0 Å². The van der Waals surface area contributed by atoms with Crippen LogP contribution in [0.3, 0.4) is 0 Å². The molecule has 0 radical (unpaired) electrons. The number of carbonyl (C=O) groups excluding carboxylic acids is 2. The summed E-state index contributed by atoms with van der Waals surface area (Å²) >= 11 is 0. The van der Waals surface area contributed by atoms with Crippen molar-refractivity contribution in [3.05, 3.63) is 23.8 Å². The van der Waals surface area contributed by atoms with Crippen LogP contribution in [0.1, 0.15) is 23.7 Å². The van der Waals surface area contributed by atoms with Crippen molar-refractivity contribution in [1.82, 2.24) is 0 Å². The third kappa shape index (κ3) is 1.56. The number of hydrogen-bond acceptors (Lipinski definition) is 3. The third-order valence-electron chi connectivity index (χ3n) is 2.79. The molecule has 0 saturated heterocycles. The maximum Gasteiger partial charge on any atom is 0.235 e. The Morgan fingerprint density at radius 3 is 2.75 bits per heavy atom. The van der Waals surface area contributed by atoms with Crippen LogP contribution in [-0.4, -0.2) is 18.8 Å². The minimum atomic E-state index is -0.555. The molecule has 2 rings (SSSR count). The smallest absolute Gasteiger partial charge is 0.235 e. The van der Waals surface area contributed by atoms with Gasteiger partial charge in [0.05, 0.1) is 12.8 Å². The molecule has 16 heavy (non-hydrogen) atoms. The number of anilines is 1. The van der Waals surface area contributed by atoms with E-state index >= 15 is 0 Å². The second-order valence-corrected chi connectivity index (χ2v) is 3.73. The fourth-order valence-corrected chi connectivity index (χ4v) is 1.87. The van der Waals surface area contributed by atoms with Crippen LogP contribution in [0, 0.1) is 5.92 Å². The van der Waals surface area contributed by atoms with E-state index in [0.29, 0.717) is 23.4 Å². The van der Waals surface area contributed by atoms with Gasteiger partial charge in [0.15, 0.2) is 5.78 Å². The molecular formula is C12H13NO3. The summed E-state index contributed by atoms with van der Waals surface area (Å²) in [6.45, 7) is 1.83. The number of nitrogens with one attached hydrogen (secondary N) is 1. The Kier molecular flexibility index (Phi) is 2.64. The monoisotopic (exact) mass is 219 g/mol. The molecular weight excluding hydrogens is 206 g/mol. The first-order chi connectivity index (χ1) is 7.67. The van der Waals surface area contributed by atoms with Crippen LogP contribution in [0.4, 0.5) is 5.69 Å². The summed E-state index contributed by atoms with van der Waals surface area (Å²) in [5.41, 5.74) is 1.10. The lowest BCUT2D eigenvalue weighted by atomic mass is 9.90. The average Bonchev–Trinajstić information content (AvgIpc) is 2.28. The maximum absolute atomic E-state index is 12.0. The van der Waals surface area contributed by atoms with Gasteiger partial charge in [-0.05, 0) is 18.6 Å². The number of carbonyl (C=O) groups is 2. The van der Waals surface area contributed by atoms with Crippen molar-refractivity contribution in [1.29, 1.82) is 0 Å². The highest BCUT2D eigenvalue weighted by molar-refractivity contribution is 6.20. The molecule has 0 saturated carbocycles. The van der Waals surface area contributed by atoms with Gasteiger partial charge in [-0.2, -0.15) is 0 Å². The van der Waals surface area contributed by atoms with Crippen molar-refractivity contribution in [2.45, 2.75) is 13.3 Å². The summed E-state index contributed by atoms with van der Waals surface area (Å²) < 4.78 is 5.04. The normalized spacial score (nSPS) is 19.0. The minimum absolute atomic E-state index is 0.107. The first-order valence-electron chi connectivity index (χ1n) is 5.20. The van der Waals surface area contributed by atoms with E-state index in [-0.39, 0.29) is 11.7 Å². The van der Waals surface area contributed by atoms with Crippen molar-refractivity contribution >= 4 is 17.4 Å². The first kappa shape index (κ1) is 10.7. The third-order valence-corrected chi connectivity index (χ3v) is 2.79. The first-order valence-corrected chi connectivity index (χ1v) is 5.20. The fraction of sp³-hybridized carbons (Fsp3) is 0.333. The molecule has 0 aliphatic carbocycles. The molecule has 0 spiro atoms. The van der Waals surface area contributed by atoms with E-state index < -0.39 is 5.92 Å². The van der Waals surface area contributed by atoms with Crippen LogP contribution < -0.4 is 10.1 Å². The van der Waals surface area contributed by atoms with Crippen LogP contribution >= 0.6 is 0 Å². The summed E-state index contributed by atoms with van der Waals surface area (Å²) in [7, 11) is 1.54. The molecule has 1 aliphatic heterocycles. The van der Waals surface area contributed by atoms with Gasteiger partial charge in [0.25, 0.3) is 0 Å².